The highest BCUT2D eigenvalue weighted by atomic mass is 31.2. The maximum Gasteiger partial charge on any atom is 0.453 e. The van der Waals surface area contributed by atoms with Gasteiger partial charge in [-0.15, -0.1) is 0 Å². The lowest BCUT2D eigenvalue weighted by atomic mass is 9.72. The molecule has 7 aromatic rings. The molecule has 7 heteroatoms. The highest BCUT2D eigenvalue weighted by Crippen LogP contribution is 2.59. The van der Waals surface area contributed by atoms with Crippen molar-refractivity contribution in [1.29, 1.82) is 0 Å². The Morgan fingerprint density at radius 3 is 1.15 bits per heavy atom. The van der Waals surface area contributed by atoms with Crippen molar-refractivity contribution in [2.24, 2.45) is 0 Å². The first-order chi connectivity index (χ1) is 35.6. The van der Waals surface area contributed by atoms with Crippen molar-refractivity contribution in [3.05, 3.63) is 146 Å². The first-order valence-corrected chi connectivity index (χ1v) is 30.9. The molecule has 6 aromatic carbocycles. The van der Waals surface area contributed by atoms with Gasteiger partial charge in [-0.25, -0.2) is 0 Å². The van der Waals surface area contributed by atoms with E-state index in [4.69, 9.17) is 22.0 Å². The van der Waals surface area contributed by atoms with E-state index in [1.54, 1.807) is 0 Å². The molecule has 0 N–H and O–H groups in total. The van der Waals surface area contributed by atoms with Gasteiger partial charge >= 0.3 is 8.24 Å². The van der Waals surface area contributed by atoms with Crippen LogP contribution in [0.1, 0.15) is 227 Å². The third-order valence-corrected chi connectivity index (χ3v) is 18.1. The van der Waals surface area contributed by atoms with Gasteiger partial charge in [0.2, 0.25) is 0 Å². The summed E-state index contributed by atoms with van der Waals surface area (Å²) >= 11 is 0. The molecule has 0 spiro atoms. The summed E-state index contributed by atoms with van der Waals surface area (Å²) in [6.07, 6.45) is 0.618. The van der Waals surface area contributed by atoms with E-state index in [0.717, 1.165) is 89.3 Å². The minimum atomic E-state index is -2.19. The van der Waals surface area contributed by atoms with Gasteiger partial charge in [0.1, 0.15) is 28.4 Å². The van der Waals surface area contributed by atoms with Gasteiger partial charge in [-0.05, 0) is 120 Å². The first-order valence-electron chi connectivity index (χ1n) is 28.5. The van der Waals surface area contributed by atoms with Crippen molar-refractivity contribution < 1.29 is 22.0 Å². The van der Waals surface area contributed by atoms with Gasteiger partial charge in [-0.1, -0.05) is 233 Å². The van der Waals surface area contributed by atoms with Crippen LogP contribution in [-0.2, 0) is 49.5 Å². The Kier molecular flexibility index (Phi) is 15.1. The second kappa shape index (κ2) is 19.9. The Morgan fingerprint density at radius 1 is 0.385 bits per heavy atom. The topological polar surface area (TPSA) is 54.0 Å². The monoisotopic (exact) mass is 1090 g/mol. The summed E-state index contributed by atoms with van der Waals surface area (Å²) in [7, 11) is -3.75. The minimum Gasteiger partial charge on any atom is -0.438 e. The Balaban J connectivity index is 1.58. The predicted octanol–water partition coefficient (Wildman–Crippen LogP) is 22.7. The molecule has 78 heavy (non-hydrogen) atoms. The fourth-order valence-corrected chi connectivity index (χ4v) is 13.9. The molecule has 8 rings (SSSR count). The average Bonchev–Trinajstić information content (AvgIpc) is 3.53. The van der Waals surface area contributed by atoms with Crippen molar-refractivity contribution in [3.8, 4) is 39.5 Å². The minimum absolute atomic E-state index is 0.137. The van der Waals surface area contributed by atoms with E-state index in [1.807, 2.05) is 0 Å². The molecule has 5 nitrogen and oxygen atoms in total. The van der Waals surface area contributed by atoms with Crippen LogP contribution in [0, 0.1) is 13.8 Å². The largest absolute Gasteiger partial charge is 0.453 e. The molecule has 1 aromatic heterocycles. The third-order valence-electron chi connectivity index (χ3n) is 15.8. The van der Waals surface area contributed by atoms with Gasteiger partial charge in [-0.2, -0.15) is 0 Å². The molecule has 0 saturated heterocycles. The molecule has 0 saturated carbocycles. The zero-order valence-corrected chi connectivity index (χ0v) is 54.5. The van der Waals surface area contributed by atoms with Crippen LogP contribution in [0.15, 0.2) is 93.3 Å². The number of rotatable bonds is 5. The van der Waals surface area contributed by atoms with Crippen molar-refractivity contribution in [2.45, 2.75) is 229 Å². The fraction of sp³-hybridized carbons (Fsp3) is 0.493. The van der Waals surface area contributed by atoms with Crippen molar-refractivity contribution in [1.82, 2.24) is 0 Å². The molecule has 0 aliphatic carbocycles. The fourth-order valence-electron chi connectivity index (χ4n) is 11.2. The van der Waals surface area contributed by atoms with E-state index in [9.17, 15) is 0 Å². The molecule has 1 unspecified atom stereocenters. The lowest BCUT2D eigenvalue weighted by Crippen LogP contribution is -2.22. The van der Waals surface area contributed by atoms with Crippen LogP contribution in [0.3, 0.4) is 0 Å². The van der Waals surface area contributed by atoms with Gasteiger partial charge in [0.15, 0.2) is 0 Å². The van der Waals surface area contributed by atoms with Gasteiger partial charge in [0, 0.05) is 49.7 Å². The van der Waals surface area contributed by atoms with Gasteiger partial charge in [-0.3, -0.25) is 0 Å². The highest BCUT2D eigenvalue weighted by molar-refractivity contribution is 7.47. The third kappa shape index (κ3) is 11.6. The number of para-hydroxylation sites is 1. The Morgan fingerprint density at radius 2 is 0.756 bits per heavy atom. The number of hydrogen-bond acceptors (Lipinski definition) is 5. The molecule has 1 atom stereocenters. The number of fused-ring (bicyclic) bond motifs is 6. The molecule has 0 bridgehead atoms. The summed E-state index contributed by atoms with van der Waals surface area (Å²) in [5.41, 5.74) is 16.8. The standard InChI is InChI=1S/C71H94O5P2/c1-42-51(66(9,10)11)39-55(70(21,22)23)62(73-77-41-44-31-27-28-32-47(44)48-33-29-30-34-57(48)72-77)58(42)59-43(2)52(67(12,13)14)40-56(71(24,25)26)63(59)76-78-74-60-49(35-45(64(3,4)5)37-53(60)68(15,16)17)50-36-46(65(6,7)8)38-54(61(50)75-78)69(18,19)20/h27-40H,41H2,1-26H3. The summed E-state index contributed by atoms with van der Waals surface area (Å²) < 4.78 is 38.3. The van der Waals surface area contributed by atoms with Crippen LogP contribution in [-0.4, -0.2) is 0 Å². The lowest BCUT2D eigenvalue weighted by Gasteiger charge is -2.35. The van der Waals surface area contributed by atoms with Crippen LogP contribution in [0.25, 0.3) is 44.2 Å². The van der Waals surface area contributed by atoms with Gasteiger partial charge in [0.25, 0.3) is 8.38 Å². The molecule has 1 aliphatic rings. The summed E-state index contributed by atoms with van der Waals surface area (Å²) in [6, 6.07) is 31.4. The zero-order chi connectivity index (χ0) is 58.0. The zero-order valence-electron chi connectivity index (χ0n) is 52.7. The van der Waals surface area contributed by atoms with Crippen LogP contribution in [0.5, 0.6) is 17.2 Å². The maximum atomic E-state index is 7.97. The molecule has 1 aliphatic heterocycles. The van der Waals surface area contributed by atoms with Crippen LogP contribution >= 0.6 is 16.6 Å². The Hall–Kier alpha value is -4.95. The van der Waals surface area contributed by atoms with Gasteiger partial charge in [0.05, 0.1) is 6.16 Å². The summed E-state index contributed by atoms with van der Waals surface area (Å²) in [6.45, 7) is 60.0. The highest BCUT2D eigenvalue weighted by Gasteiger charge is 2.39. The molecule has 418 valence electrons. The molecule has 0 fully saturated rings. The Bertz CT molecular complexity index is 3350. The summed E-state index contributed by atoms with van der Waals surface area (Å²) in [5.74, 6) is 2.41. The SMILES string of the molecule is Cc1c(C(C)(C)C)cc(C(C)(C)C)c(OP2Cc3ccccc3-c3ccccc3O2)c1-c1c(C)c(C(C)(C)C)cc(C(C)(C)C)c1Op1oc2c(C(C)(C)C)cc(C(C)(C)C)cc2c2cc(C(C)(C)C)cc(C(C)(C)C)c2o1. The van der Waals surface area contributed by atoms with E-state index in [-0.39, 0.29) is 37.9 Å². The summed E-state index contributed by atoms with van der Waals surface area (Å²) in [4.78, 5) is 0. The first kappa shape index (κ1) is 59.2. The normalized spacial score (nSPS) is 15.0. The van der Waals surface area contributed by atoms with Crippen LogP contribution in [0.2, 0.25) is 0 Å². The van der Waals surface area contributed by atoms with Crippen LogP contribution < -0.4 is 13.6 Å². The lowest BCUT2D eigenvalue weighted by molar-refractivity contribution is 0.465. The summed E-state index contributed by atoms with van der Waals surface area (Å²) in [5, 5.41) is 2.08. The van der Waals surface area contributed by atoms with Crippen molar-refractivity contribution in [2.75, 3.05) is 0 Å². The average molecular weight is 1090 g/mol. The quantitative estimate of drug-likeness (QED) is 0.161. The predicted molar refractivity (Wildman–Crippen MR) is 337 cm³/mol. The smallest absolute Gasteiger partial charge is 0.438 e. The van der Waals surface area contributed by atoms with E-state index < -0.39 is 22.0 Å². The second-order valence-electron chi connectivity index (χ2n) is 30.7. The van der Waals surface area contributed by atoms with E-state index in [1.165, 1.54) is 33.4 Å². The van der Waals surface area contributed by atoms with E-state index >= 15 is 0 Å². The number of benzene rings is 6. The molecule has 0 amide bonds. The Labute approximate surface area is 473 Å². The van der Waals surface area contributed by atoms with E-state index in [0.29, 0.717) is 6.16 Å². The van der Waals surface area contributed by atoms with Gasteiger partial charge < -0.3 is 22.0 Å². The van der Waals surface area contributed by atoms with Crippen molar-refractivity contribution >= 4 is 38.6 Å². The molecular weight excluding hydrogens is 995 g/mol. The molecule has 0 radical (unpaired) electrons. The van der Waals surface area contributed by atoms with E-state index in [2.05, 4.69) is 265 Å². The second-order valence-corrected chi connectivity index (χ2v) is 33.1. The maximum absolute atomic E-state index is 7.97. The molecule has 2 heterocycles. The van der Waals surface area contributed by atoms with Crippen LogP contribution in [0.4, 0.5) is 0 Å². The molecular formula is C71H94O5P2. The number of hydrogen-bond donors (Lipinski definition) is 0. The van der Waals surface area contributed by atoms with Crippen molar-refractivity contribution in [3.63, 3.8) is 0 Å².